The van der Waals surface area contributed by atoms with Gasteiger partial charge in [-0.15, -0.1) is 11.3 Å². The van der Waals surface area contributed by atoms with E-state index in [-0.39, 0.29) is 5.97 Å². The molecule has 0 aliphatic rings. The summed E-state index contributed by atoms with van der Waals surface area (Å²) in [7, 11) is 0. The molecule has 1 aromatic rings. The lowest BCUT2D eigenvalue weighted by molar-refractivity contribution is -0.143. The molecule has 0 atom stereocenters. The quantitative estimate of drug-likeness (QED) is 0.551. The third kappa shape index (κ3) is 5.29. The molecular weight excluding hydrogens is 252 g/mol. The second-order valence-electron chi connectivity index (χ2n) is 3.75. The van der Waals surface area contributed by atoms with Crippen LogP contribution in [-0.2, 0) is 16.1 Å². The van der Waals surface area contributed by atoms with Crippen LogP contribution >= 0.6 is 11.3 Å². The van der Waals surface area contributed by atoms with Gasteiger partial charge in [-0.3, -0.25) is 9.59 Å². The highest BCUT2D eigenvalue weighted by Gasteiger charge is 2.04. The molecule has 0 aliphatic carbocycles. The van der Waals surface area contributed by atoms with Crippen molar-refractivity contribution >= 4 is 23.2 Å². The van der Waals surface area contributed by atoms with Crippen LogP contribution in [0.2, 0.25) is 0 Å². The number of carbonyl (C=O) groups is 2. The maximum atomic E-state index is 11.1. The second kappa shape index (κ2) is 7.84. The predicted molar refractivity (Wildman–Crippen MR) is 70.4 cm³/mol. The maximum absolute atomic E-state index is 11.1. The number of hydrogen-bond donors (Lipinski definition) is 2. The van der Waals surface area contributed by atoms with E-state index < -0.39 is 5.91 Å². The Kier molecular flexibility index (Phi) is 6.38. The smallest absolute Gasteiger partial charge is 0.305 e. The number of carbonyl (C=O) groups excluding carboxylic acids is 2. The fourth-order valence-electron chi connectivity index (χ4n) is 1.41. The van der Waals surface area contributed by atoms with Gasteiger partial charge in [-0.1, -0.05) is 0 Å². The zero-order chi connectivity index (χ0) is 13.4. The fourth-order valence-corrected chi connectivity index (χ4v) is 2.25. The average Bonchev–Trinajstić information content (AvgIpc) is 2.78. The molecule has 0 bridgehead atoms. The summed E-state index contributed by atoms with van der Waals surface area (Å²) in [5, 5.41) is 4.95. The summed E-state index contributed by atoms with van der Waals surface area (Å²) in [6.07, 6.45) is 1.17. The van der Waals surface area contributed by atoms with Crippen molar-refractivity contribution in [2.45, 2.75) is 26.3 Å². The Balaban J connectivity index is 2.14. The van der Waals surface area contributed by atoms with Gasteiger partial charge >= 0.3 is 5.97 Å². The summed E-state index contributed by atoms with van der Waals surface area (Å²) in [6, 6.07) is 1.78. The van der Waals surface area contributed by atoms with E-state index in [1.807, 2.05) is 0 Å². The summed E-state index contributed by atoms with van der Waals surface area (Å²) >= 11 is 1.50. The van der Waals surface area contributed by atoms with Gasteiger partial charge in [-0.25, -0.2) is 0 Å². The highest BCUT2D eigenvalue weighted by atomic mass is 32.1. The minimum Gasteiger partial charge on any atom is -0.466 e. The molecule has 1 amide bonds. The molecule has 100 valence electrons. The van der Waals surface area contributed by atoms with Crippen LogP contribution in [0.25, 0.3) is 0 Å². The SMILES string of the molecule is CCOC(=O)CCCNCc1cc(C(N)=O)cs1. The van der Waals surface area contributed by atoms with Crippen molar-refractivity contribution in [3.8, 4) is 0 Å². The molecule has 0 aromatic carbocycles. The van der Waals surface area contributed by atoms with Crippen LogP contribution in [-0.4, -0.2) is 25.0 Å². The number of primary amides is 1. The Morgan fingerprint density at radius 2 is 2.28 bits per heavy atom. The van der Waals surface area contributed by atoms with Crippen LogP contribution in [0.1, 0.15) is 35.0 Å². The lowest BCUT2D eigenvalue weighted by Gasteiger charge is -2.03. The molecule has 0 aliphatic heterocycles. The number of amides is 1. The maximum Gasteiger partial charge on any atom is 0.305 e. The van der Waals surface area contributed by atoms with E-state index in [2.05, 4.69) is 5.32 Å². The van der Waals surface area contributed by atoms with Crippen LogP contribution in [0.15, 0.2) is 11.4 Å². The molecular formula is C12H18N2O3S. The number of esters is 1. The number of thiophene rings is 1. The molecule has 0 saturated carbocycles. The highest BCUT2D eigenvalue weighted by molar-refractivity contribution is 7.10. The molecule has 0 fully saturated rings. The Hall–Kier alpha value is -1.40. The van der Waals surface area contributed by atoms with Gasteiger partial charge in [0, 0.05) is 23.2 Å². The van der Waals surface area contributed by atoms with Gasteiger partial charge in [0.15, 0.2) is 0 Å². The fraction of sp³-hybridized carbons (Fsp3) is 0.500. The molecule has 1 aromatic heterocycles. The minimum absolute atomic E-state index is 0.161. The minimum atomic E-state index is -0.403. The first-order valence-corrected chi connectivity index (χ1v) is 6.75. The van der Waals surface area contributed by atoms with Gasteiger partial charge in [-0.2, -0.15) is 0 Å². The van der Waals surface area contributed by atoms with Crippen LogP contribution in [0.3, 0.4) is 0 Å². The molecule has 0 unspecified atom stereocenters. The van der Waals surface area contributed by atoms with E-state index in [0.29, 0.717) is 25.1 Å². The predicted octanol–water partition coefficient (Wildman–Crippen LogP) is 1.28. The summed E-state index contributed by atoms with van der Waals surface area (Å²) in [5.41, 5.74) is 5.71. The second-order valence-corrected chi connectivity index (χ2v) is 4.75. The summed E-state index contributed by atoms with van der Waals surface area (Å²) < 4.78 is 4.82. The third-order valence-corrected chi connectivity index (χ3v) is 3.21. The first-order valence-electron chi connectivity index (χ1n) is 5.87. The lowest BCUT2D eigenvalue weighted by atomic mass is 10.3. The summed E-state index contributed by atoms with van der Waals surface area (Å²) in [6.45, 7) is 3.64. The number of nitrogens with two attached hydrogens (primary N) is 1. The largest absolute Gasteiger partial charge is 0.466 e. The zero-order valence-electron chi connectivity index (χ0n) is 10.4. The molecule has 0 spiro atoms. The van der Waals surface area contributed by atoms with Crippen LogP contribution in [0.4, 0.5) is 0 Å². The van der Waals surface area contributed by atoms with Crippen molar-refractivity contribution < 1.29 is 14.3 Å². The molecule has 1 rings (SSSR count). The first kappa shape index (κ1) is 14.7. The van der Waals surface area contributed by atoms with Crippen molar-refractivity contribution in [3.63, 3.8) is 0 Å². The van der Waals surface area contributed by atoms with Gasteiger partial charge in [-0.05, 0) is 26.0 Å². The van der Waals surface area contributed by atoms with Gasteiger partial charge < -0.3 is 15.8 Å². The number of ether oxygens (including phenoxy) is 1. The van der Waals surface area contributed by atoms with E-state index in [9.17, 15) is 9.59 Å². The molecule has 18 heavy (non-hydrogen) atoms. The Morgan fingerprint density at radius 3 is 2.89 bits per heavy atom. The van der Waals surface area contributed by atoms with Crippen molar-refractivity contribution in [1.82, 2.24) is 5.32 Å². The monoisotopic (exact) mass is 270 g/mol. The Labute approximate surface area is 110 Å². The number of nitrogens with one attached hydrogen (secondary N) is 1. The van der Waals surface area contributed by atoms with Crippen LogP contribution in [0.5, 0.6) is 0 Å². The standard InChI is InChI=1S/C12H18N2O3S/c1-2-17-11(15)4-3-5-14-7-10-6-9(8-18-10)12(13)16/h6,8,14H,2-5,7H2,1H3,(H2,13,16). The first-order chi connectivity index (χ1) is 8.63. The molecule has 0 saturated heterocycles. The lowest BCUT2D eigenvalue weighted by Crippen LogP contribution is -2.16. The van der Waals surface area contributed by atoms with E-state index in [1.165, 1.54) is 11.3 Å². The highest BCUT2D eigenvalue weighted by Crippen LogP contribution is 2.13. The van der Waals surface area contributed by atoms with Crippen molar-refractivity contribution in [1.29, 1.82) is 0 Å². The van der Waals surface area contributed by atoms with Crippen LogP contribution in [0, 0.1) is 0 Å². The Bertz CT molecular complexity index is 404. The normalized spacial score (nSPS) is 10.3. The van der Waals surface area contributed by atoms with Gasteiger partial charge in [0.25, 0.3) is 0 Å². The molecule has 3 N–H and O–H groups in total. The van der Waals surface area contributed by atoms with E-state index in [0.717, 1.165) is 17.8 Å². The van der Waals surface area contributed by atoms with Gasteiger partial charge in [0.05, 0.1) is 12.2 Å². The molecule has 6 heteroatoms. The topological polar surface area (TPSA) is 81.4 Å². The summed E-state index contributed by atoms with van der Waals surface area (Å²) in [5.74, 6) is -0.564. The van der Waals surface area contributed by atoms with E-state index >= 15 is 0 Å². The average molecular weight is 270 g/mol. The Morgan fingerprint density at radius 1 is 1.50 bits per heavy atom. The van der Waals surface area contributed by atoms with E-state index in [4.69, 9.17) is 10.5 Å². The van der Waals surface area contributed by atoms with E-state index in [1.54, 1.807) is 18.4 Å². The summed E-state index contributed by atoms with van der Waals surface area (Å²) in [4.78, 5) is 23.0. The number of rotatable bonds is 8. The number of hydrogen-bond acceptors (Lipinski definition) is 5. The van der Waals surface area contributed by atoms with Crippen LogP contribution < -0.4 is 11.1 Å². The van der Waals surface area contributed by atoms with Crippen molar-refractivity contribution in [2.75, 3.05) is 13.2 Å². The van der Waals surface area contributed by atoms with Gasteiger partial charge in [0.2, 0.25) is 5.91 Å². The molecule has 5 nitrogen and oxygen atoms in total. The van der Waals surface area contributed by atoms with Gasteiger partial charge in [0.1, 0.15) is 0 Å². The van der Waals surface area contributed by atoms with Crippen molar-refractivity contribution in [2.24, 2.45) is 5.73 Å². The molecule has 0 radical (unpaired) electrons. The van der Waals surface area contributed by atoms with Crippen molar-refractivity contribution in [3.05, 3.63) is 21.9 Å². The zero-order valence-corrected chi connectivity index (χ0v) is 11.2. The third-order valence-electron chi connectivity index (χ3n) is 2.28. The molecule has 1 heterocycles.